The summed E-state index contributed by atoms with van der Waals surface area (Å²) >= 11 is 0. The highest BCUT2D eigenvalue weighted by Gasteiger charge is 2.45. The Morgan fingerprint density at radius 3 is 1.57 bits per heavy atom. The number of nitrogens with zero attached hydrogens (tertiary/aromatic N) is 10. The van der Waals surface area contributed by atoms with Crippen molar-refractivity contribution in [3.63, 3.8) is 0 Å². The van der Waals surface area contributed by atoms with Gasteiger partial charge in [-0.05, 0) is 43.4 Å². The van der Waals surface area contributed by atoms with Crippen LogP contribution in [0.1, 0.15) is 41.6 Å². The SMILES string of the molecule is Cn1ncc2c(=O)n(CC3(O)CCN(C(=O)C(F)(F)F)CC3)cnc21.Cn1ncc2c(=O)n(CC3(O)CCN(C(=O)c4ccc(CO)cc4)CC3)cnc21. The second kappa shape index (κ2) is 14.7. The molecule has 0 bridgehead atoms. The molecule has 7 rings (SSSR count). The van der Waals surface area contributed by atoms with E-state index in [1.54, 1.807) is 43.3 Å². The molecule has 3 N–H and O–H groups in total. The lowest BCUT2D eigenvalue weighted by Gasteiger charge is -2.38. The second-order valence-corrected chi connectivity index (χ2v) is 13.8. The van der Waals surface area contributed by atoms with Crippen molar-refractivity contribution in [1.82, 2.24) is 48.5 Å². The van der Waals surface area contributed by atoms with Gasteiger partial charge in [0, 0.05) is 45.8 Å². The summed E-state index contributed by atoms with van der Waals surface area (Å²) in [7, 11) is 3.36. The first-order chi connectivity index (χ1) is 25.5. The number of benzene rings is 1. The average molecular weight is 757 g/mol. The van der Waals surface area contributed by atoms with Gasteiger partial charge in [0.1, 0.15) is 23.4 Å². The zero-order valence-electron chi connectivity index (χ0n) is 29.5. The highest BCUT2D eigenvalue weighted by Crippen LogP contribution is 2.28. The fraction of sp³-hybridized carbons (Fsp3) is 0.471. The Hall–Kier alpha value is -5.47. The molecule has 5 aromatic rings. The number of aliphatic hydroxyl groups is 3. The molecule has 0 unspecified atom stereocenters. The van der Waals surface area contributed by atoms with Crippen molar-refractivity contribution < 1.29 is 38.1 Å². The van der Waals surface area contributed by atoms with E-state index in [2.05, 4.69) is 20.2 Å². The Morgan fingerprint density at radius 1 is 0.741 bits per heavy atom. The summed E-state index contributed by atoms with van der Waals surface area (Å²) in [6.07, 6.45) is 1.24. The molecule has 0 saturated carbocycles. The number of carbonyl (C=O) groups is 2. The van der Waals surface area contributed by atoms with Crippen LogP contribution >= 0.6 is 0 Å². The van der Waals surface area contributed by atoms with Crippen LogP contribution in [0.5, 0.6) is 0 Å². The molecule has 54 heavy (non-hydrogen) atoms. The van der Waals surface area contributed by atoms with E-state index in [0.717, 1.165) is 5.56 Å². The van der Waals surface area contributed by atoms with Crippen molar-refractivity contribution in [2.24, 2.45) is 14.1 Å². The lowest BCUT2D eigenvalue weighted by molar-refractivity contribution is -0.188. The number of aryl methyl sites for hydroxylation is 2. The van der Waals surface area contributed by atoms with Crippen molar-refractivity contribution in [2.45, 2.75) is 62.8 Å². The van der Waals surface area contributed by atoms with Crippen LogP contribution in [0.3, 0.4) is 0 Å². The van der Waals surface area contributed by atoms with Gasteiger partial charge in [0.25, 0.3) is 17.0 Å². The summed E-state index contributed by atoms with van der Waals surface area (Å²) in [6, 6.07) is 6.84. The molecule has 0 aliphatic carbocycles. The van der Waals surface area contributed by atoms with Crippen LogP contribution in [0.15, 0.2) is 58.9 Å². The summed E-state index contributed by atoms with van der Waals surface area (Å²) in [5, 5.41) is 39.4. The molecule has 6 heterocycles. The van der Waals surface area contributed by atoms with Crippen LogP contribution in [0.25, 0.3) is 22.1 Å². The minimum Gasteiger partial charge on any atom is -0.392 e. The van der Waals surface area contributed by atoms with Crippen molar-refractivity contribution in [1.29, 1.82) is 0 Å². The highest BCUT2D eigenvalue weighted by molar-refractivity contribution is 5.94. The first-order valence-corrected chi connectivity index (χ1v) is 17.1. The maximum absolute atomic E-state index is 12.7. The molecule has 2 fully saturated rings. The smallest absolute Gasteiger partial charge is 0.392 e. The van der Waals surface area contributed by atoms with E-state index in [1.807, 2.05) is 0 Å². The van der Waals surface area contributed by atoms with Gasteiger partial charge in [-0.2, -0.15) is 23.4 Å². The number of aromatic nitrogens is 8. The Labute approximate surface area is 304 Å². The highest BCUT2D eigenvalue weighted by atomic mass is 19.4. The van der Waals surface area contributed by atoms with E-state index >= 15 is 0 Å². The van der Waals surface area contributed by atoms with Crippen LogP contribution in [-0.2, 0) is 38.6 Å². The lowest BCUT2D eigenvalue weighted by Crippen LogP contribution is -2.52. The van der Waals surface area contributed by atoms with E-state index in [-0.39, 0.29) is 62.7 Å². The molecule has 1 aromatic carbocycles. The number of carbonyl (C=O) groups excluding carboxylic acids is 2. The number of amides is 2. The molecule has 20 heteroatoms. The lowest BCUT2D eigenvalue weighted by atomic mass is 9.91. The fourth-order valence-corrected chi connectivity index (χ4v) is 6.68. The number of alkyl halides is 3. The van der Waals surface area contributed by atoms with Crippen molar-refractivity contribution >= 4 is 33.9 Å². The number of likely N-dealkylation sites (tertiary alicyclic amines) is 2. The Morgan fingerprint density at radius 2 is 1.17 bits per heavy atom. The van der Waals surface area contributed by atoms with Crippen LogP contribution in [0.4, 0.5) is 13.2 Å². The van der Waals surface area contributed by atoms with Crippen molar-refractivity contribution in [3.05, 3.63) is 81.1 Å². The summed E-state index contributed by atoms with van der Waals surface area (Å²) in [4.78, 5) is 59.7. The van der Waals surface area contributed by atoms with E-state index in [9.17, 15) is 42.6 Å². The molecule has 17 nitrogen and oxygen atoms in total. The largest absolute Gasteiger partial charge is 0.471 e. The van der Waals surface area contributed by atoms with Crippen LogP contribution in [0, 0.1) is 0 Å². The Balaban J connectivity index is 0.000000186. The minimum atomic E-state index is -4.93. The summed E-state index contributed by atoms with van der Waals surface area (Å²) in [5.41, 5.74) is -0.888. The van der Waals surface area contributed by atoms with Gasteiger partial charge in [0.15, 0.2) is 11.3 Å². The fourth-order valence-electron chi connectivity index (χ4n) is 6.68. The third-order valence-corrected chi connectivity index (χ3v) is 9.95. The number of aliphatic hydroxyl groups excluding tert-OH is 1. The van der Waals surface area contributed by atoms with E-state index in [4.69, 9.17) is 5.11 Å². The molecular weight excluding hydrogens is 717 g/mol. The summed E-state index contributed by atoms with van der Waals surface area (Å²) < 4.78 is 43.0. The Bertz CT molecular complexity index is 2280. The number of hydrogen-bond acceptors (Lipinski definition) is 11. The monoisotopic (exact) mass is 756 g/mol. The summed E-state index contributed by atoms with van der Waals surface area (Å²) in [6.45, 7) is 0.278. The predicted octanol–water partition coefficient (Wildman–Crippen LogP) is 0.335. The van der Waals surface area contributed by atoms with Crippen LogP contribution in [0.2, 0.25) is 0 Å². The molecular formula is C34H39F3N10O7. The van der Waals surface area contributed by atoms with E-state index in [1.165, 1.54) is 43.5 Å². The number of rotatable bonds is 6. The standard InChI is InChI=1S/C20H23N5O4.C14H16F3N5O3/c1-23-17-16(10-22-23)19(28)25(13-21-17)12-20(29)6-8-24(9-7-20)18(27)15-4-2-14(11-26)3-5-15;1-20-10-9(6-19-20)11(23)22(8-18-10)7-13(25)2-4-21(5-3-13)12(24)14(15,16)17/h2-5,10,13,26,29H,6-9,11-12H2,1H3;6,8,25H,2-5,7H2,1H3. The van der Waals surface area contributed by atoms with Crippen LogP contribution < -0.4 is 11.1 Å². The first-order valence-electron chi connectivity index (χ1n) is 17.1. The summed E-state index contributed by atoms with van der Waals surface area (Å²) in [5.74, 6) is -2.02. The van der Waals surface area contributed by atoms with Gasteiger partial charge in [-0.15, -0.1) is 0 Å². The molecule has 2 amide bonds. The quantitative estimate of drug-likeness (QED) is 0.215. The van der Waals surface area contributed by atoms with Crippen LogP contribution in [-0.4, -0.2) is 119 Å². The van der Waals surface area contributed by atoms with Gasteiger partial charge < -0.3 is 25.1 Å². The second-order valence-electron chi connectivity index (χ2n) is 13.8. The zero-order valence-corrected chi connectivity index (χ0v) is 29.5. The molecule has 4 aromatic heterocycles. The molecule has 2 saturated heterocycles. The molecule has 0 radical (unpaired) electrons. The molecule has 2 aliphatic rings. The van der Waals surface area contributed by atoms with E-state index < -0.39 is 23.3 Å². The Kier molecular flexibility index (Phi) is 10.4. The molecule has 0 atom stereocenters. The molecule has 288 valence electrons. The van der Waals surface area contributed by atoms with Gasteiger partial charge in [0.05, 0.1) is 43.3 Å². The van der Waals surface area contributed by atoms with Gasteiger partial charge in [-0.3, -0.25) is 37.7 Å². The number of hydrogen-bond donors (Lipinski definition) is 3. The predicted molar refractivity (Wildman–Crippen MR) is 185 cm³/mol. The molecule has 0 spiro atoms. The average Bonchev–Trinajstić information content (AvgIpc) is 3.73. The topological polar surface area (TPSA) is 207 Å². The van der Waals surface area contributed by atoms with Crippen molar-refractivity contribution in [2.75, 3.05) is 26.2 Å². The van der Waals surface area contributed by atoms with E-state index in [0.29, 0.717) is 58.5 Å². The minimum absolute atomic E-state index is 0.0632. The third kappa shape index (κ3) is 7.90. The number of halogens is 3. The maximum atomic E-state index is 12.7. The number of fused-ring (bicyclic) bond motifs is 2. The van der Waals surface area contributed by atoms with Crippen molar-refractivity contribution in [3.8, 4) is 0 Å². The van der Waals surface area contributed by atoms with Gasteiger partial charge >= 0.3 is 12.1 Å². The van der Waals surface area contributed by atoms with Gasteiger partial charge in [0.2, 0.25) is 0 Å². The normalized spacial score (nSPS) is 17.0. The van der Waals surface area contributed by atoms with Gasteiger partial charge in [-0.1, -0.05) is 12.1 Å². The maximum Gasteiger partial charge on any atom is 0.471 e. The third-order valence-electron chi connectivity index (χ3n) is 9.95. The first kappa shape index (κ1) is 38.3. The number of piperidine rings is 2. The van der Waals surface area contributed by atoms with Gasteiger partial charge in [-0.25, -0.2) is 9.97 Å². The molecule has 2 aliphatic heterocycles. The zero-order chi connectivity index (χ0) is 39.0.